The van der Waals surface area contributed by atoms with Crippen LogP contribution in [0.5, 0.6) is 17.2 Å². The number of sulfone groups is 1. The van der Waals surface area contributed by atoms with Crippen molar-refractivity contribution < 1.29 is 27.4 Å². The van der Waals surface area contributed by atoms with Crippen molar-refractivity contribution in [2.75, 3.05) is 31.9 Å². The molecule has 37 heavy (non-hydrogen) atoms. The summed E-state index contributed by atoms with van der Waals surface area (Å²) in [6, 6.07) is 12.8. The molecule has 194 valence electrons. The molecular weight excluding hydrogens is 516 g/mol. The van der Waals surface area contributed by atoms with Crippen LogP contribution in [0.1, 0.15) is 23.1 Å². The lowest BCUT2D eigenvalue weighted by molar-refractivity contribution is -0.112. The van der Waals surface area contributed by atoms with Crippen LogP contribution in [0, 0.1) is 25.2 Å². The number of carbonyl (C=O) groups excluding carboxylic acids is 1. The first-order valence-corrected chi connectivity index (χ1v) is 13.8. The van der Waals surface area contributed by atoms with Gasteiger partial charge in [0.2, 0.25) is 15.0 Å². The zero-order valence-electron chi connectivity index (χ0n) is 20.8. The van der Waals surface area contributed by atoms with E-state index in [1.54, 1.807) is 18.2 Å². The van der Waals surface area contributed by atoms with Gasteiger partial charge in [-0.05, 0) is 48.7 Å². The lowest BCUT2D eigenvalue weighted by atomic mass is 10.1. The molecule has 3 aromatic rings. The molecule has 0 saturated heterocycles. The Kier molecular flexibility index (Phi) is 9.21. The van der Waals surface area contributed by atoms with Gasteiger partial charge in [0.25, 0.3) is 11.1 Å². The predicted molar refractivity (Wildman–Crippen MR) is 140 cm³/mol. The van der Waals surface area contributed by atoms with E-state index >= 15 is 0 Å². The topological polar surface area (TPSA) is 140 Å². The monoisotopic (exact) mass is 542 g/mol. The quantitative estimate of drug-likeness (QED) is 0.216. The standard InChI is InChI=1S/C25H26N4O6S2/c1-16-7-5-8-17(2)22(16)35-12-6-11-34-20-10-9-18(14-21(20)33-3)13-19(15-26)23(30)27-24-28-25(29-36-24)37(4,31)32/h5,7-10,13-14H,6,11-12H2,1-4H3,(H,27,28,29,30)/b19-13-. The first-order chi connectivity index (χ1) is 17.6. The van der Waals surface area contributed by atoms with Gasteiger partial charge >= 0.3 is 0 Å². The van der Waals surface area contributed by atoms with Gasteiger partial charge in [0, 0.05) is 24.2 Å². The van der Waals surface area contributed by atoms with Gasteiger partial charge in [0.05, 0.1) is 20.3 Å². The van der Waals surface area contributed by atoms with Crippen LogP contribution in [0.3, 0.4) is 0 Å². The fourth-order valence-electron chi connectivity index (χ4n) is 3.23. The van der Waals surface area contributed by atoms with Crippen molar-refractivity contribution in [3.05, 3.63) is 58.7 Å². The highest BCUT2D eigenvalue weighted by molar-refractivity contribution is 7.90. The summed E-state index contributed by atoms with van der Waals surface area (Å²) < 4.78 is 43.8. The highest BCUT2D eigenvalue weighted by atomic mass is 32.2. The third kappa shape index (κ3) is 7.52. The maximum atomic E-state index is 12.5. The van der Waals surface area contributed by atoms with Gasteiger partial charge < -0.3 is 14.2 Å². The predicted octanol–water partition coefficient (Wildman–Crippen LogP) is 3.96. The van der Waals surface area contributed by atoms with Crippen molar-refractivity contribution >= 4 is 38.5 Å². The molecule has 0 radical (unpaired) electrons. The number of para-hydroxylation sites is 1. The number of aryl methyl sites for hydroxylation is 2. The SMILES string of the molecule is COc1cc(/C=C(/C#N)C(=O)Nc2nc(S(C)(=O)=O)ns2)ccc1OCCCOc1c(C)cccc1C. The summed E-state index contributed by atoms with van der Waals surface area (Å²) in [5, 5.41) is 11.4. The van der Waals surface area contributed by atoms with Crippen LogP contribution in [0.4, 0.5) is 5.13 Å². The van der Waals surface area contributed by atoms with E-state index in [0.29, 0.717) is 48.2 Å². The fraction of sp³-hybridized carbons (Fsp3) is 0.280. The Labute approximate surface area is 219 Å². The molecular formula is C25H26N4O6S2. The summed E-state index contributed by atoms with van der Waals surface area (Å²) in [7, 11) is -2.11. The minimum atomic E-state index is -3.61. The number of nitrogens with zero attached hydrogens (tertiary/aromatic N) is 3. The molecule has 0 saturated carbocycles. The van der Waals surface area contributed by atoms with Crippen molar-refractivity contribution in [1.82, 2.24) is 9.36 Å². The number of amides is 1. The molecule has 0 unspecified atom stereocenters. The van der Waals surface area contributed by atoms with Crippen LogP contribution in [-0.2, 0) is 14.6 Å². The zero-order chi connectivity index (χ0) is 27.0. The third-order valence-electron chi connectivity index (χ3n) is 5.02. The lowest BCUT2D eigenvalue weighted by Gasteiger charge is -2.13. The summed E-state index contributed by atoms with van der Waals surface area (Å²) in [6.45, 7) is 4.91. The molecule has 0 atom stereocenters. The molecule has 0 fully saturated rings. The molecule has 0 bridgehead atoms. The van der Waals surface area contributed by atoms with Gasteiger partial charge in [-0.15, -0.1) is 0 Å². The van der Waals surface area contributed by atoms with Crippen molar-refractivity contribution in [3.8, 4) is 23.3 Å². The number of methoxy groups -OCH3 is 1. The van der Waals surface area contributed by atoms with Gasteiger partial charge in [-0.1, -0.05) is 24.3 Å². The number of rotatable bonds is 11. The van der Waals surface area contributed by atoms with Crippen LogP contribution in [0.15, 0.2) is 47.1 Å². The number of carbonyl (C=O) groups is 1. The minimum Gasteiger partial charge on any atom is -0.493 e. The average molecular weight is 543 g/mol. The molecule has 0 aliphatic heterocycles. The third-order valence-corrected chi connectivity index (χ3v) is 6.62. The van der Waals surface area contributed by atoms with Crippen molar-refractivity contribution in [2.24, 2.45) is 0 Å². The summed E-state index contributed by atoms with van der Waals surface area (Å²) in [5.41, 5.74) is 2.48. The van der Waals surface area contributed by atoms with E-state index in [4.69, 9.17) is 14.2 Å². The number of benzene rings is 2. The van der Waals surface area contributed by atoms with Gasteiger partial charge in [-0.3, -0.25) is 10.1 Å². The second-order valence-corrected chi connectivity index (χ2v) is 10.6. The molecule has 1 aromatic heterocycles. The first-order valence-electron chi connectivity index (χ1n) is 11.1. The van der Waals surface area contributed by atoms with Gasteiger partial charge in [-0.2, -0.15) is 14.6 Å². The van der Waals surface area contributed by atoms with Crippen molar-refractivity contribution in [2.45, 2.75) is 25.4 Å². The Morgan fingerprint density at radius 2 is 1.84 bits per heavy atom. The molecule has 0 aliphatic rings. The molecule has 1 heterocycles. The average Bonchev–Trinajstić information content (AvgIpc) is 3.33. The van der Waals surface area contributed by atoms with Gasteiger partial charge in [0.1, 0.15) is 17.4 Å². The molecule has 10 nitrogen and oxygen atoms in total. The van der Waals surface area contributed by atoms with E-state index in [1.165, 1.54) is 13.2 Å². The Morgan fingerprint density at radius 1 is 1.14 bits per heavy atom. The molecule has 1 amide bonds. The maximum absolute atomic E-state index is 12.5. The Hall–Kier alpha value is -3.95. The van der Waals surface area contributed by atoms with E-state index in [9.17, 15) is 18.5 Å². The van der Waals surface area contributed by atoms with E-state index in [0.717, 1.165) is 23.1 Å². The second-order valence-electron chi connectivity index (χ2n) is 7.96. The molecule has 3 rings (SSSR count). The summed E-state index contributed by atoms with van der Waals surface area (Å²) in [4.78, 5) is 16.3. The summed E-state index contributed by atoms with van der Waals surface area (Å²) in [6.07, 6.45) is 2.99. The highest BCUT2D eigenvalue weighted by Crippen LogP contribution is 2.29. The van der Waals surface area contributed by atoms with Crippen molar-refractivity contribution in [3.63, 3.8) is 0 Å². The lowest BCUT2D eigenvalue weighted by Crippen LogP contribution is -2.13. The molecule has 2 aromatic carbocycles. The van der Waals surface area contributed by atoms with Crippen LogP contribution in [0.2, 0.25) is 0 Å². The Bertz CT molecular complexity index is 1440. The van der Waals surface area contributed by atoms with Crippen LogP contribution in [0.25, 0.3) is 6.08 Å². The summed E-state index contributed by atoms with van der Waals surface area (Å²) >= 11 is 0.704. The number of ether oxygens (including phenoxy) is 3. The van der Waals surface area contributed by atoms with E-state index in [2.05, 4.69) is 14.7 Å². The number of nitrogens with one attached hydrogen (secondary N) is 1. The zero-order valence-corrected chi connectivity index (χ0v) is 22.4. The largest absolute Gasteiger partial charge is 0.493 e. The number of nitriles is 1. The van der Waals surface area contributed by atoms with Gasteiger partial charge in [-0.25, -0.2) is 8.42 Å². The molecule has 0 aliphatic carbocycles. The number of hydrogen-bond acceptors (Lipinski definition) is 10. The molecule has 12 heteroatoms. The molecule has 1 N–H and O–H groups in total. The number of hydrogen-bond donors (Lipinski definition) is 1. The maximum Gasteiger partial charge on any atom is 0.268 e. The normalized spacial score (nSPS) is 11.5. The smallest absolute Gasteiger partial charge is 0.268 e. The van der Waals surface area contributed by atoms with Crippen LogP contribution in [-0.4, -0.2) is 50.3 Å². The van der Waals surface area contributed by atoms with E-state index < -0.39 is 20.9 Å². The number of aromatic nitrogens is 2. The summed E-state index contributed by atoms with van der Waals surface area (Å²) in [5.74, 6) is 1.08. The fourth-order valence-corrected chi connectivity index (χ4v) is 4.67. The van der Waals surface area contributed by atoms with E-state index in [-0.39, 0.29) is 10.7 Å². The Morgan fingerprint density at radius 3 is 2.46 bits per heavy atom. The van der Waals surface area contributed by atoms with Crippen LogP contribution >= 0.6 is 11.5 Å². The highest BCUT2D eigenvalue weighted by Gasteiger charge is 2.18. The van der Waals surface area contributed by atoms with Gasteiger partial charge in [0.15, 0.2) is 11.5 Å². The first kappa shape index (κ1) is 27.6. The second kappa shape index (κ2) is 12.3. The van der Waals surface area contributed by atoms with Crippen LogP contribution < -0.4 is 19.5 Å². The number of anilines is 1. The van der Waals surface area contributed by atoms with E-state index in [1.807, 2.05) is 38.1 Å². The van der Waals surface area contributed by atoms with Crippen molar-refractivity contribution in [1.29, 1.82) is 5.26 Å². The minimum absolute atomic E-state index is 0.0329. The Balaban J connectivity index is 1.61. The molecule has 0 spiro atoms.